The lowest BCUT2D eigenvalue weighted by Crippen LogP contribution is -2.38. The van der Waals surface area contributed by atoms with Crippen molar-refractivity contribution in [3.63, 3.8) is 0 Å². The normalized spacial score (nSPS) is 20.9. The van der Waals surface area contributed by atoms with E-state index < -0.39 is 24.3 Å². The van der Waals surface area contributed by atoms with Crippen LogP contribution in [-0.2, 0) is 37.0 Å². The number of amides is 1. The van der Waals surface area contributed by atoms with Gasteiger partial charge in [0.15, 0.2) is 12.4 Å². The van der Waals surface area contributed by atoms with Crippen molar-refractivity contribution in [3.05, 3.63) is 101 Å². The standard InChI is InChI=1S/C32H35NO8S/c1-19-28(18-42-27-14-12-25(13-15-27)31(37)38)40-32(41-29(19)24-8-6-23(17-34)7-9-24)26-10-4-22(5-11-26)16-33-30(36)20(2)39-21(3)35/h4-15,19-20,28-29,32,34H,16-18H2,1-3H3,(H,33,36)(H,37,38)/t19-,20-,28+,29+,32?/m0/s1. The fourth-order valence-electron chi connectivity index (χ4n) is 4.61. The molecule has 3 aromatic carbocycles. The van der Waals surface area contributed by atoms with Gasteiger partial charge in [-0.05, 0) is 47.9 Å². The number of thioether (sulfide) groups is 1. The van der Waals surface area contributed by atoms with Crippen molar-refractivity contribution in [2.75, 3.05) is 5.75 Å². The SMILES string of the molecule is CC(=O)O[C@@H](C)C(=O)NCc1ccc(C2O[C@H](CSc3ccc(C(=O)O)cc3)[C@H](C)[C@H](c3ccc(CO)cc3)O2)cc1. The summed E-state index contributed by atoms with van der Waals surface area (Å²) in [6.45, 7) is 5.10. The smallest absolute Gasteiger partial charge is 0.335 e. The van der Waals surface area contributed by atoms with Crippen LogP contribution >= 0.6 is 11.8 Å². The van der Waals surface area contributed by atoms with Crippen molar-refractivity contribution in [2.45, 2.75) is 63.4 Å². The zero-order valence-corrected chi connectivity index (χ0v) is 24.5. The van der Waals surface area contributed by atoms with Crippen LogP contribution in [0.5, 0.6) is 0 Å². The van der Waals surface area contributed by atoms with Crippen molar-refractivity contribution in [2.24, 2.45) is 5.92 Å². The first-order valence-corrected chi connectivity index (χ1v) is 14.6. The minimum absolute atomic E-state index is 0.000663. The van der Waals surface area contributed by atoms with Gasteiger partial charge < -0.3 is 29.7 Å². The molecule has 1 unspecified atom stereocenters. The summed E-state index contributed by atoms with van der Waals surface area (Å²) < 4.78 is 17.9. The number of rotatable bonds is 11. The van der Waals surface area contributed by atoms with Crippen molar-refractivity contribution in [1.29, 1.82) is 0 Å². The molecule has 5 atom stereocenters. The van der Waals surface area contributed by atoms with Crippen molar-refractivity contribution < 1.29 is 38.8 Å². The molecule has 3 N–H and O–H groups in total. The molecule has 3 aromatic rings. The number of benzene rings is 3. The van der Waals surface area contributed by atoms with Gasteiger partial charge in [-0.3, -0.25) is 9.59 Å². The van der Waals surface area contributed by atoms with E-state index in [0.717, 1.165) is 27.1 Å². The summed E-state index contributed by atoms with van der Waals surface area (Å²) in [5.41, 5.74) is 3.72. The van der Waals surface area contributed by atoms with E-state index in [0.29, 0.717) is 5.75 Å². The Bertz CT molecular complexity index is 1360. The van der Waals surface area contributed by atoms with Gasteiger partial charge >= 0.3 is 11.9 Å². The summed E-state index contributed by atoms with van der Waals surface area (Å²) in [6.07, 6.45) is -1.97. The molecular formula is C32H35NO8S. The van der Waals surface area contributed by atoms with Gasteiger partial charge in [0.25, 0.3) is 5.91 Å². The zero-order chi connectivity index (χ0) is 30.2. The first kappa shape index (κ1) is 31.2. The van der Waals surface area contributed by atoms with E-state index in [4.69, 9.17) is 14.2 Å². The quantitative estimate of drug-likeness (QED) is 0.207. The van der Waals surface area contributed by atoms with Crippen LogP contribution in [0, 0.1) is 5.92 Å². The van der Waals surface area contributed by atoms with Crippen LogP contribution in [0.1, 0.15) is 65.8 Å². The predicted octanol–water partition coefficient (Wildman–Crippen LogP) is 5.03. The van der Waals surface area contributed by atoms with Gasteiger partial charge in [-0.25, -0.2) is 4.79 Å². The Kier molecular flexibility index (Phi) is 10.8. The van der Waals surface area contributed by atoms with Gasteiger partial charge in [-0.1, -0.05) is 55.5 Å². The van der Waals surface area contributed by atoms with Crippen LogP contribution in [0.4, 0.5) is 0 Å². The molecule has 1 aliphatic rings. The number of hydrogen-bond acceptors (Lipinski definition) is 8. The largest absolute Gasteiger partial charge is 0.478 e. The van der Waals surface area contributed by atoms with Crippen molar-refractivity contribution in [1.82, 2.24) is 5.32 Å². The van der Waals surface area contributed by atoms with Gasteiger partial charge in [-0.2, -0.15) is 0 Å². The van der Waals surface area contributed by atoms with Crippen molar-refractivity contribution >= 4 is 29.6 Å². The maximum Gasteiger partial charge on any atom is 0.335 e. The summed E-state index contributed by atoms with van der Waals surface area (Å²) in [7, 11) is 0. The molecule has 10 heteroatoms. The monoisotopic (exact) mass is 593 g/mol. The number of hydrogen-bond donors (Lipinski definition) is 3. The van der Waals surface area contributed by atoms with Gasteiger partial charge in [0.1, 0.15) is 0 Å². The summed E-state index contributed by atoms with van der Waals surface area (Å²) in [6, 6.07) is 22.0. The van der Waals surface area contributed by atoms with E-state index in [-0.39, 0.29) is 42.7 Å². The van der Waals surface area contributed by atoms with E-state index in [1.807, 2.05) is 48.5 Å². The lowest BCUT2D eigenvalue weighted by Gasteiger charge is -2.41. The third-order valence-electron chi connectivity index (χ3n) is 7.07. The lowest BCUT2D eigenvalue weighted by atomic mass is 9.91. The fourth-order valence-corrected chi connectivity index (χ4v) is 5.68. The molecule has 0 aliphatic carbocycles. The number of ether oxygens (including phenoxy) is 3. The molecule has 1 heterocycles. The highest BCUT2D eigenvalue weighted by Crippen LogP contribution is 2.43. The molecule has 1 amide bonds. The average molecular weight is 594 g/mol. The van der Waals surface area contributed by atoms with E-state index in [1.54, 1.807) is 36.0 Å². The number of aliphatic hydroxyl groups excluding tert-OH is 1. The Hall–Kier alpha value is -3.70. The number of aliphatic hydroxyl groups is 1. The lowest BCUT2D eigenvalue weighted by molar-refractivity contribution is -0.268. The van der Waals surface area contributed by atoms with Crippen LogP contribution in [0.15, 0.2) is 77.7 Å². The molecule has 9 nitrogen and oxygen atoms in total. The van der Waals surface area contributed by atoms with E-state index in [9.17, 15) is 24.6 Å². The average Bonchev–Trinajstić information content (AvgIpc) is 2.99. The molecule has 0 saturated carbocycles. The minimum atomic E-state index is -0.962. The molecule has 222 valence electrons. The molecular weight excluding hydrogens is 558 g/mol. The molecule has 1 saturated heterocycles. The predicted molar refractivity (Wildman–Crippen MR) is 157 cm³/mol. The van der Waals surface area contributed by atoms with Crippen LogP contribution < -0.4 is 5.32 Å². The second-order valence-corrected chi connectivity index (χ2v) is 11.3. The number of esters is 1. The topological polar surface area (TPSA) is 131 Å². The minimum Gasteiger partial charge on any atom is -0.478 e. The molecule has 0 aromatic heterocycles. The Labute approximate surface area is 249 Å². The number of carboxylic acid groups (broad SMARTS) is 1. The Morgan fingerprint density at radius 1 is 0.929 bits per heavy atom. The molecule has 0 spiro atoms. The second-order valence-electron chi connectivity index (χ2n) is 10.2. The summed E-state index contributed by atoms with van der Waals surface area (Å²) >= 11 is 1.59. The molecule has 1 fully saturated rings. The molecule has 4 rings (SSSR count). The number of carbonyl (C=O) groups is 3. The first-order chi connectivity index (χ1) is 20.1. The Balaban J connectivity index is 1.48. The Morgan fingerprint density at radius 2 is 1.55 bits per heavy atom. The molecule has 0 radical (unpaired) electrons. The summed E-state index contributed by atoms with van der Waals surface area (Å²) in [4.78, 5) is 35.4. The molecule has 42 heavy (non-hydrogen) atoms. The fraction of sp³-hybridized carbons (Fsp3) is 0.344. The number of carbonyl (C=O) groups excluding carboxylic acids is 2. The van der Waals surface area contributed by atoms with Gasteiger partial charge in [0.2, 0.25) is 0 Å². The van der Waals surface area contributed by atoms with E-state index in [2.05, 4.69) is 12.2 Å². The molecule has 0 bridgehead atoms. The number of aromatic carboxylic acids is 1. The first-order valence-electron chi connectivity index (χ1n) is 13.6. The molecule has 1 aliphatic heterocycles. The number of nitrogens with one attached hydrogen (secondary N) is 1. The van der Waals surface area contributed by atoms with Crippen LogP contribution in [-0.4, -0.2) is 46.0 Å². The van der Waals surface area contributed by atoms with E-state index in [1.165, 1.54) is 13.8 Å². The third-order valence-corrected chi connectivity index (χ3v) is 8.17. The summed E-state index contributed by atoms with van der Waals surface area (Å²) in [5.74, 6) is -1.23. The number of carboxylic acids is 1. The van der Waals surface area contributed by atoms with Crippen LogP contribution in [0.25, 0.3) is 0 Å². The highest BCUT2D eigenvalue weighted by molar-refractivity contribution is 7.99. The van der Waals surface area contributed by atoms with Gasteiger partial charge in [0, 0.05) is 35.6 Å². The maximum absolute atomic E-state index is 12.2. The highest BCUT2D eigenvalue weighted by atomic mass is 32.2. The van der Waals surface area contributed by atoms with Crippen LogP contribution in [0.2, 0.25) is 0 Å². The Morgan fingerprint density at radius 3 is 2.14 bits per heavy atom. The highest BCUT2D eigenvalue weighted by Gasteiger charge is 2.38. The van der Waals surface area contributed by atoms with Crippen molar-refractivity contribution in [3.8, 4) is 0 Å². The van der Waals surface area contributed by atoms with Gasteiger partial charge in [-0.15, -0.1) is 11.8 Å². The van der Waals surface area contributed by atoms with Gasteiger partial charge in [0.05, 0.1) is 24.4 Å². The summed E-state index contributed by atoms with van der Waals surface area (Å²) in [5, 5.41) is 21.4. The third kappa shape index (κ3) is 8.19. The van der Waals surface area contributed by atoms with Crippen LogP contribution in [0.3, 0.4) is 0 Å². The second kappa shape index (κ2) is 14.5. The maximum atomic E-state index is 12.2. The van der Waals surface area contributed by atoms with E-state index >= 15 is 0 Å². The zero-order valence-electron chi connectivity index (χ0n) is 23.7.